The van der Waals surface area contributed by atoms with E-state index in [2.05, 4.69) is 9.97 Å². The van der Waals surface area contributed by atoms with Gasteiger partial charge in [-0.2, -0.15) is 0 Å². The highest BCUT2D eigenvalue weighted by atomic mass is 32.1. The van der Waals surface area contributed by atoms with E-state index in [1.54, 1.807) is 6.92 Å². The molecule has 3 aromatic heterocycles. The monoisotopic (exact) mass is 403 g/mol. The molecule has 0 saturated carbocycles. The van der Waals surface area contributed by atoms with Gasteiger partial charge in [0, 0.05) is 24.4 Å². The van der Waals surface area contributed by atoms with Crippen molar-refractivity contribution in [1.82, 2.24) is 14.5 Å². The number of carbonyl (C=O) groups is 1. The number of ether oxygens (including phenoxy) is 1. The summed E-state index contributed by atoms with van der Waals surface area (Å²) in [6, 6.07) is 1.41. The lowest BCUT2D eigenvalue weighted by Crippen LogP contribution is -2.26. The van der Waals surface area contributed by atoms with E-state index in [-0.39, 0.29) is 28.2 Å². The Hall–Kier alpha value is -2.94. The number of aromatic nitrogens is 3. The minimum Gasteiger partial charge on any atom is -0.488 e. The lowest BCUT2D eigenvalue weighted by molar-refractivity contribution is 0.0701. The number of carboxylic acid groups (broad SMARTS) is 1. The minimum atomic E-state index is -1.07. The first kappa shape index (κ1) is 19.8. The van der Waals surface area contributed by atoms with Gasteiger partial charge in [-0.3, -0.25) is 14.2 Å². The van der Waals surface area contributed by atoms with E-state index in [0.717, 1.165) is 17.8 Å². The second-order valence-electron chi connectivity index (χ2n) is 6.35. The molecule has 3 heterocycles. The Morgan fingerprint density at radius 1 is 1.36 bits per heavy atom. The average Bonchev–Trinajstić information content (AvgIpc) is 3.00. The predicted octanol–water partition coefficient (Wildman–Crippen LogP) is 2.55. The molecule has 0 bridgehead atoms. The van der Waals surface area contributed by atoms with E-state index in [1.165, 1.54) is 16.8 Å². The summed E-state index contributed by atoms with van der Waals surface area (Å²) >= 11 is 1.00. The van der Waals surface area contributed by atoms with Crippen LogP contribution in [0.3, 0.4) is 0 Å². The summed E-state index contributed by atoms with van der Waals surface area (Å²) in [5.74, 6) is -0.304. The Kier molecular flexibility index (Phi) is 5.64. The van der Waals surface area contributed by atoms with Gasteiger partial charge in [-0.05, 0) is 18.9 Å². The van der Waals surface area contributed by atoms with Gasteiger partial charge >= 0.3 is 5.97 Å². The first-order valence-electron chi connectivity index (χ1n) is 8.97. The van der Waals surface area contributed by atoms with Crippen molar-refractivity contribution in [3.8, 4) is 5.75 Å². The van der Waals surface area contributed by atoms with Crippen LogP contribution in [0.5, 0.6) is 5.75 Å². The number of thiophene rings is 1. The van der Waals surface area contributed by atoms with E-state index < -0.39 is 5.97 Å². The number of carboxylic acids is 1. The van der Waals surface area contributed by atoms with E-state index in [4.69, 9.17) is 4.74 Å². The maximum Gasteiger partial charge on any atom is 0.346 e. The molecule has 8 nitrogen and oxygen atoms in total. The minimum absolute atomic E-state index is 0.116. The summed E-state index contributed by atoms with van der Waals surface area (Å²) in [5, 5.41) is 9.64. The van der Waals surface area contributed by atoms with Gasteiger partial charge in [-0.1, -0.05) is 13.8 Å². The van der Waals surface area contributed by atoms with Crippen molar-refractivity contribution in [2.45, 2.75) is 40.2 Å². The molecule has 0 unspecified atom stereocenters. The zero-order chi connectivity index (χ0) is 20.4. The molecular formula is C19H21N3O5S. The maximum atomic E-state index is 13.1. The Morgan fingerprint density at radius 2 is 2.11 bits per heavy atom. The molecule has 3 aromatic rings. The molecule has 0 radical (unpaired) electrons. The molecule has 3 rings (SSSR count). The molecule has 148 valence electrons. The van der Waals surface area contributed by atoms with E-state index >= 15 is 0 Å². The Labute approximate surface area is 164 Å². The number of nitrogens with one attached hydrogen (secondary N) is 1. The molecule has 0 spiro atoms. The van der Waals surface area contributed by atoms with Crippen LogP contribution < -0.4 is 15.7 Å². The number of fused-ring (bicyclic) bond motifs is 1. The molecule has 28 heavy (non-hydrogen) atoms. The molecule has 0 atom stereocenters. The predicted molar refractivity (Wildman–Crippen MR) is 107 cm³/mol. The lowest BCUT2D eigenvalue weighted by Gasteiger charge is -2.12. The number of aromatic carboxylic acids is 1. The van der Waals surface area contributed by atoms with Crippen LogP contribution in [0.25, 0.3) is 10.2 Å². The number of hydrogen-bond acceptors (Lipinski definition) is 6. The van der Waals surface area contributed by atoms with E-state index in [9.17, 15) is 19.5 Å². The molecule has 0 amide bonds. The van der Waals surface area contributed by atoms with Crippen LogP contribution in [-0.4, -0.2) is 32.2 Å². The third kappa shape index (κ3) is 3.57. The van der Waals surface area contributed by atoms with E-state index in [0.29, 0.717) is 40.3 Å². The van der Waals surface area contributed by atoms with Crippen LogP contribution in [0, 0.1) is 6.92 Å². The zero-order valence-electron chi connectivity index (χ0n) is 15.9. The molecule has 0 fully saturated rings. The molecule has 9 heteroatoms. The van der Waals surface area contributed by atoms with Crippen LogP contribution >= 0.6 is 11.3 Å². The van der Waals surface area contributed by atoms with Gasteiger partial charge in [0.1, 0.15) is 15.5 Å². The van der Waals surface area contributed by atoms with Gasteiger partial charge in [-0.15, -0.1) is 11.3 Å². The number of pyridine rings is 1. The zero-order valence-corrected chi connectivity index (χ0v) is 16.7. The highest BCUT2D eigenvalue weighted by Crippen LogP contribution is 2.27. The highest BCUT2D eigenvalue weighted by molar-refractivity contribution is 7.20. The fourth-order valence-electron chi connectivity index (χ4n) is 2.98. The van der Waals surface area contributed by atoms with Gasteiger partial charge in [0.05, 0.1) is 18.5 Å². The molecule has 0 aliphatic carbocycles. The maximum absolute atomic E-state index is 13.1. The summed E-state index contributed by atoms with van der Waals surface area (Å²) < 4.78 is 6.86. The summed E-state index contributed by atoms with van der Waals surface area (Å²) in [5.41, 5.74) is 0.383. The van der Waals surface area contributed by atoms with Crippen LogP contribution in [0.2, 0.25) is 0 Å². The number of aromatic amines is 1. The van der Waals surface area contributed by atoms with Crippen LogP contribution in [-0.2, 0) is 13.0 Å². The van der Waals surface area contributed by atoms with E-state index in [1.807, 2.05) is 13.8 Å². The second-order valence-corrected chi connectivity index (χ2v) is 7.35. The largest absolute Gasteiger partial charge is 0.488 e. The van der Waals surface area contributed by atoms with Crippen molar-refractivity contribution in [2.75, 3.05) is 6.61 Å². The number of rotatable bonds is 7. The van der Waals surface area contributed by atoms with Crippen molar-refractivity contribution >= 4 is 27.5 Å². The Bertz CT molecular complexity index is 1160. The van der Waals surface area contributed by atoms with Crippen LogP contribution in [0.1, 0.15) is 47.0 Å². The molecule has 0 saturated heterocycles. The number of aryl methyl sites for hydroxylation is 2. The van der Waals surface area contributed by atoms with Gasteiger partial charge < -0.3 is 14.8 Å². The summed E-state index contributed by atoms with van der Waals surface area (Å²) in [6.45, 7) is 6.01. The standard InChI is InChI=1S/C19H21N3O5S/c1-4-6-27-13-8-20-11(7-12(13)23)9-22-14(5-2)21-17-15(18(22)24)10(3)16(28-17)19(25)26/h7-8H,4-6,9H2,1-3H3,(H,20,23)(H,25,26). The molecule has 0 aromatic carbocycles. The topological polar surface area (TPSA) is 114 Å². The molecule has 0 aliphatic heterocycles. The van der Waals surface area contributed by atoms with Crippen molar-refractivity contribution in [1.29, 1.82) is 0 Å². The van der Waals surface area contributed by atoms with Crippen molar-refractivity contribution in [3.63, 3.8) is 0 Å². The van der Waals surface area contributed by atoms with Gasteiger partial charge in [0.25, 0.3) is 5.56 Å². The third-order valence-corrected chi connectivity index (χ3v) is 5.54. The van der Waals surface area contributed by atoms with Crippen LogP contribution in [0.4, 0.5) is 0 Å². The number of nitrogens with zero attached hydrogens (tertiary/aromatic N) is 2. The molecule has 0 aliphatic rings. The number of H-pyrrole nitrogens is 1. The third-order valence-electron chi connectivity index (χ3n) is 4.37. The number of hydrogen-bond donors (Lipinski definition) is 2. The first-order chi connectivity index (χ1) is 13.4. The van der Waals surface area contributed by atoms with Crippen LogP contribution in [0.15, 0.2) is 21.9 Å². The summed E-state index contributed by atoms with van der Waals surface area (Å²) in [6.07, 6.45) is 2.78. The van der Waals surface area contributed by atoms with Crippen molar-refractivity contribution in [2.24, 2.45) is 0 Å². The fraction of sp³-hybridized carbons (Fsp3) is 0.368. The van der Waals surface area contributed by atoms with Gasteiger partial charge in [-0.25, -0.2) is 9.78 Å². The van der Waals surface area contributed by atoms with Crippen molar-refractivity contribution in [3.05, 3.63) is 54.8 Å². The molecule has 2 N–H and O–H groups in total. The van der Waals surface area contributed by atoms with Gasteiger partial charge in [0.2, 0.25) is 5.43 Å². The SMILES string of the molecule is CCCOc1c[nH]c(Cn2c(CC)nc3sc(C(=O)O)c(C)c3c2=O)cc1=O. The Balaban J connectivity index is 2.08. The summed E-state index contributed by atoms with van der Waals surface area (Å²) in [4.78, 5) is 44.7. The fourth-order valence-corrected chi connectivity index (χ4v) is 4.01. The second kappa shape index (κ2) is 7.97. The summed E-state index contributed by atoms with van der Waals surface area (Å²) in [7, 11) is 0. The first-order valence-corrected chi connectivity index (χ1v) is 9.79. The average molecular weight is 403 g/mol. The Morgan fingerprint density at radius 3 is 2.71 bits per heavy atom. The van der Waals surface area contributed by atoms with Crippen molar-refractivity contribution < 1.29 is 14.6 Å². The lowest BCUT2D eigenvalue weighted by atomic mass is 10.2. The highest BCUT2D eigenvalue weighted by Gasteiger charge is 2.21. The molecular weight excluding hydrogens is 382 g/mol. The quantitative estimate of drug-likeness (QED) is 0.627. The smallest absolute Gasteiger partial charge is 0.346 e. The normalized spacial score (nSPS) is 11.1. The van der Waals surface area contributed by atoms with Gasteiger partial charge in [0.15, 0.2) is 5.75 Å².